The summed E-state index contributed by atoms with van der Waals surface area (Å²) in [7, 11) is 1.61. The minimum atomic E-state index is -1.02. The summed E-state index contributed by atoms with van der Waals surface area (Å²) in [6.07, 6.45) is 1.25. The van der Waals surface area contributed by atoms with Gasteiger partial charge in [-0.15, -0.1) is 0 Å². The Morgan fingerprint density at radius 1 is 1.11 bits per heavy atom. The molecule has 182 valence electrons. The third kappa shape index (κ3) is 4.33. The number of aromatic nitrogens is 2. The zero-order valence-electron chi connectivity index (χ0n) is 19.2. The predicted octanol–water partition coefficient (Wildman–Crippen LogP) is 1.56. The molecule has 2 aliphatic rings. The number of para-hydroxylation sites is 1. The van der Waals surface area contributed by atoms with Crippen molar-refractivity contribution >= 4 is 23.6 Å². The molecule has 2 aliphatic heterocycles. The fourth-order valence-electron chi connectivity index (χ4n) is 4.16. The number of carbonyl (C=O) groups is 4. The highest BCUT2D eigenvalue weighted by atomic mass is 16.5. The van der Waals surface area contributed by atoms with Gasteiger partial charge in [-0.25, -0.2) is 0 Å². The zero-order chi connectivity index (χ0) is 25.2. The number of methoxy groups -OCH3 is 1. The van der Waals surface area contributed by atoms with E-state index in [2.05, 4.69) is 20.8 Å². The molecule has 1 fully saturated rings. The average Bonchev–Trinajstić information content (AvgIpc) is 3.47. The van der Waals surface area contributed by atoms with Crippen molar-refractivity contribution in [3.63, 3.8) is 0 Å². The van der Waals surface area contributed by atoms with Gasteiger partial charge in [0.25, 0.3) is 11.8 Å². The molecule has 11 heteroatoms. The second kappa shape index (κ2) is 9.45. The quantitative estimate of drug-likeness (QED) is 0.475. The number of imide groups is 2. The summed E-state index contributed by atoms with van der Waals surface area (Å²) in [6, 6.07) is 14.2. The molecule has 0 spiro atoms. The van der Waals surface area contributed by atoms with Crippen molar-refractivity contribution < 1.29 is 28.4 Å². The highest BCUT2D eigenvalue weighted by molar-refractivity contribution is 6.18. The standard InChI is InChI=1S/C25H21N5O6/c1-35-19-8-3-2-7-16(19)14-5-4-6-15(11-14)23-28-21(36-29-23)13-26-17-12-22(32)30(25(17)34)18-9-10-20(31)27-24(18)33/h2-8,11-12,18,26H,9-10,13H2,1H3,(H,27,31,33). The third-order valence-corrected chi connectivity index (χ3v) is 5.91. The molecule has 1 atom stereocenters. The van der Waals surface area contributed by atoms with Crippen molar-refractivity contribution in [1.29, 1.82) is 0 Å². The number of hydrogen-bond donors (Lipinski definition) is 2. The SMILES string of the molecule is COc1ccccc1-c1cccc(-c2noc(CNC3=CC(=O)N(C4CCC(=O)NC4=O)C3=O)n2)c1. The molecule has 5 rings (SSSR count). The molecular weight excluding hydrogens is 466 g/mol. The maximum Gasteiger partial charge on any atom is 0.277 e. The van der Waals surface area contributed by atoms with Crippen LogP contribution in [-0.2, 0) is 25.7 Å². The number of benzene rings is 2. The van der Waals surface area contributed by atoms with Crippen LogP contribution in [0.1, 0.15) is 18.7 Å². The van der Waals surface area contributed by atoms with Gasteiger partial charge in [0, 0.05) is 23.6 Å². The van der Waals surface area contributed by atoms with Gasteiger partial charge < -0.3 is 14.6 Å². The van der Waals surface area contributed by atoms with Crippen LogP contribution in [0, 0.1) is 0 Å². The predicted molar refractivity (Wildman–Crippen MR) is 125 cm³/mol. The summed E-state index contributed by atoms with van der Waals surface area (Å²) in [5.41, 5.74) is 2.57. The van der Waals surface area contributed by atoms with Crippen LogP contribution < -0.4 is 15.4 Å². The molecule has 1 saturated heterocycles. The van der Waals surface area contributed by atoms with Crippen LogP contribution in [0.5, 0.6) is 5.75 Å². The molecule has 2 N–H and O–H groups in total. The monoisotopic (exact) mass is 487 g/mol. The molecule has 2 aromatic carbocycles. The van der Waals surface area contributed by atoms with Gasteiger partial charge in [0.2, 0.25) is 23.5 Å². The van der Waals surface area contributed by atoms with Gasteiger partial charge in [-0.2, -0.15) is 4.98 Å². The summed E-state index contributed by atoms with van der Waals surface area (Å²) in [6.45, 7) is -0.00671. The van der Waals surface area contributed by atoms with Crippen LogP contribution in [0.3, 0.4) is 0 Å². The summed E-state index contributed by atoms with van der Waals surface area (Å²) >= 11 is 0. The van der Waals surface area contributed by atoms with Crippen molar-refractivity contribution in [3.8, 4) is 28.3 Å². The largest absolute Gasteiger partial charge is 0.496 e. The Kier molecular flexibility index (Phi) is 6.03. The van der Waals surface area contributed by atoms with E-state index in [9.17, 15) is 19.2 Å². The Morgan fingerprint density at radius 2 is 1.92 bits per heavy atom. The van der Waals surface area contributed by atoms with Crippen LogP contribution in [0.4, 0.5) is 0 Å². The normalized spacial score (nSPS) is 17.8. The van der Waals surface area contributed by atoms with E-state index in [1.807, 2.05) is 48.5 Å². The summed E-state index contributed by atoms with van der Waals surface area (Å²) < 4.78 is 10.8. The summed E-state index contributed by atoms with van der Waals surface area (Å²) in [5, 5.41) is 9.00. The third-order valence-electron chi connectivity index (χ3n) is 5.91. The first-order valence-corrected chi connectivity index (χ1v) is 11.2. The van der Waals surface area contributed by atoms with Crippen LogP contribution >= 0.6 is 0 Å². The number of rotatable bonds is 7. The van der Waals surface area contributed by atoms with Crippen LogP contribution in [0.15, 0.2) is 64.8 Å². The summed E-state index contributed by atoms with van der Waals surface area (Å²) in [4.78, 5) is 53.8. The fourth-order valence-corrected chi connectivity index (χ4v) is 4.16. The minimum absolute atomic E-state index is 0.00243. The molecule has 4 amide bonds. The second-order valence-corrected chi connectivity index (χ2v) is 8.18. The number of nitrogens with zero attached hydrogens (tertiary/aromatic N) is 3. The van der Waals surface area contributed by atoms with Crippen molar-refractivity contribution in [1.82, 2.24) is 25.7 Å². The van der Waals surface area contributed by atoms with E-state index in [0.29, 0.717) is 5.82 Å². The Morgan fingerprint density at radius 3 is 2.72 bits per heavy atom. The van der Waals surface area contributed by atoms with Gasteiger partial charge in [-0.3, -0.25) is 29.4 Å². The second-order valence-electron chi connectivity index (χ2n) is 8.18. The molecule has 1 aromatic heterocycles. The lowest BCUT2D eigenvalue weighted by molar-refractivity contribution is -0.149. The maximum atomic E-state index is 12.7. The lowest BCUT2D eigenvalue weighted by atomic mass is 10.0. The van der Waals surface area contributed by atoms with Gasteiger partial charge in [-0.05, 0) is 24.1 Å². The van der Waals surface area contributed by atoms with Crippen LogP contribution in [-0.4, -0.2) is 51.8 Å². The van der Waals surface area contributed by atoms with Gasteiger partial charge >= 0.3 is 0 Å². The highest BCUT2D eigenvalue weighted by Gasteiger charge is 2.42. The van der Waals surface area contributed by atoms with Gasteiger partial charge in [0.15, 0.2) is 0 Å². The van der Waals surface area contributed by atoms with E-state index < -0.39 is 29.7 Å². The number of carbonyl (C=O) groups excluding carboxylic acids is 4. The van der Waals surface area contributed by atoms with E-state index in [-0.39, 0.29) is 31.0 Å². The zero-order valence-corrected chi connectivity index (χ0v) is 19.2. The lowest BCUT2D eigenvalue weighted by Crippen LogP contribution is -2.54. The maximum absolute atomic E-state index is 12.7. The molecule has 11 nitrogen and oxygen atoms in total. The van der Waals surface area contributed by atoms with Crippen molar-refractivity contribution in [3.05, 3.63) is 66.2 Å². The van der Waals surface area contributed by atoms with Gasteiger partial charge in [0.05, 0.1) is 13.7 Å². The number of hydrogen-bond acceptors (Lipinski definition) is 9. The van der Waals surface area contributed by atoms with E-state index in [4.69, 9.17) is 9.26 Å². The van der Waals surface area contributed by atoms with E-state index in [1.54, 1.807) is 7.11 Å². The van der Waals surface area contributed by atoms with Crippen LogP contribution in [0.2, 0.25) is 0 Å². The molecular formula is C25H21N5O6. The van der Waals surface area contributed by atoms with Crippen molar-refractivity contribution in [2.75, 3.05) is 7.11 Å². The minimum Gasteiger partial charge on any atom is -0.496 e. The van der Waals surface area contributed by atoms with Gasteiger partial charge in [-0.1, -0.05) is 41.6 Å². The Bertz CT molecular complexity index is 1410. The average molecular weight is 487 g/mol. The molecule has 36 heavy (non-hydrogen) atoms. The van der Waals surface area contributed by atoms with E-state index in [0.717, 1.165) is 33.4 Å². The number of piperidine rings is 1. The first kappa shape index (κ1) is 23.0. The molecule has 1 unspecified atom stereocenters. The molecule has 3 heterocycles. The number of nitrogens with one attached hydrogen (secondary N) is 2. The van der Waals surface area contributed by atoms with Crippen molar-refractivity contribution in [2.45, 2.75) is 25.4 Å². The van der Waals surface area contributed by atoms with Crippen molar-refractivity contribution in [2.24, 2.45) is 0 Å². The summed E-state index contributed by atoms with van der Waals surface area (Å²) in [5.74, 6) is -1.08. The molecule has 0 radical (unpaired) electrons. The molecule has 3 aromatic rings. The van der Waals surface area contributed by atoms with Gasteiger partial charge in [0.1, 0.15) is 17.5 Å². The highest BCUT2D eigenvalue weighted by Crippen LogP contribution is 2.31. The van der Waals surface area contributed by atoms with E-state index in [1.165, 1.54) is 0 Å². The fraction of sp³-hybridized carbons (Fsp3) is 0.200. The number of ether oxygens (including phenoxy) is 1. The molecule has 0 bridgehead atoms. The molecule has 0 saturated carbocycles. The lowest BCUT2D eigenvalue weighted by Gasteiger charge is -2.28. The first-order valence-electron chi connectivity index (χ1n) is 11.2. The van der Waals surface area contributed by atoms with Crippen LogP contribution in [0.25, 0.3) is 22.5 Å². The Hall–Kier alpha value is -4.80. The molecule has 0 aliphatic carbocycles. The first-order chi connectivity index (χ1) is 17.4. The number of amides is 4. The Balaban J connectivity index is 1.27. The Labute approximate surface area is 205 Å². The smallest absolute Gasteiger partial charge is 0.277 e. The topological polar surface area (TPSA) is 144 Å². The van der Waals surface area contributed by atoms with E-state index >= 15 is 0 Å².